The fourth-order valence-electron chi connectivity index (χ4n) is 1.10. The topological polar surface area (TPSA) is 58.6 Å². The molecule has 1 aromatic carbocycles. The third-order valence-corrected chi connectivity index (χ3v) is 2.00. The number of phenols is 1. The first-order valence-corrected chi connectivity index (χ1v) is 4.76. The second-order valence-corrected chi connectivity index (χ2v) is 3.17. The summed E-state index contributed by atoms with van der Waals surface area (Å²) >= 11 is 0. The molecular weight excluding hydrogens is 206 g/mol. The van der Waals surface area contributed by atoms with E-state index >= 15 is 0 Å². The van der Waals surface area contributed by atoms with Gasteiger partial charge < -0.3 is 15.2 Å². The smallest absolute Gasteiger partial charge is 0.258 e. The van der Waals surface area contributed by atoms with E-state index in [1.54, 1.807) is 25.1 Å². The Kier molecular flexibility index (Phi) is 4.22. The molecule has 0 aliphatic heterocycles. The predicted octanol–water partition coefficient (Wildman–Crippen LogP) is 0.829. The zero-order valence-electron chi connectivity index (χ0n) is 8.99. The van der Waals surface area contributed by atoms with Crippen LogP contribution in [0.3, 0.4) is 0 Å². The van der Waals surface area contributed by atoms with Crippen LogP contribution in [0.15, 0.2) is 18.2 Å². The molecule has 1 aromatic rings. The van der Waals surface area contributed by atoms with Crippen LogP contribution < -0.4 is 10.1 Å². The lowest BCUT2D eigenvalue weighted by Gasteiger charge is -2.09. The second-order valence-electron chi connectivity index (χ2n) is 3.17. The number of carbonyl (C=O) groups excluding carboxylic acids is 1. The molecule has 2 N–H and O–H groups in total. The average molecular weight is 219 g/mol. The number of carbonyl (C=O) groups is 1. The molecule has 16 heavy (non-hydrogen) atoms. The van der Waals surface area contributed by atoms with E-state index < -0.39 is 0 Å². The molecular formula is C12H13NO3. The number of hydrogen-bond donors (Lipinski definition) is 2. The van der Waals surface area contributed by atoms with Crippen LogP contribution in [0.5, 0.6) is 11.5 Å². The van der Waals surface area contributed by atoms with E-state index in [2.05, 4.69) is 11.2 Å². The molecule has 0 bridgehead atoms. The van der Waals surface area contributed by atoms with E-state index in [0.717, 1.165) is 0 Å². The molecule has 1 rings (SSSR count). The van der Waals surface area contributed by atoms with Gasteiger partial charge in [-0.05, 0) is 19.1 Å². The molecule has 0 unspecified atom stereocenters. The summed E-state index contributed by atoms with van der Waals surface area (Å²) in [7, 11) is 0. The Bertz CT molecular complexity index is 421. The first kappa shape index (κ1) is 11.9. The highest BCUT2D eigenvalue weighted by Crippen LogP contribution is 2.25. The molecule has 0 heterocycles. The maximum Gasteiger partial charge on any atom is 0.258 e. The van der Waals surface area contributed by atoms with Crippen LogP contribution in [-0.4, -0.2) is 24.2 Å². The van der Waals surface area contributed by atoms with Gasteiger partial charge in [-0.25, -0.2) is 0 Å². The Morgan fingerprint density at radius 1 is 1.62 bits per heavy atom. The van der Waals surface area contributed by atoms with Crippen LogP contribution in [0.1, 0.15) is 5.56 Å². The monoisotopic (exact) mass is 219 g/mol. The first-order valence-electron chi connectivity index (χ1n) is 4.76. The van der Waals surface area contributed by atoms with Gasteiger partial charge in [0.05, 0.1) is 6.54 Å². The highest BCUT2D eigenvalue weighted by Gasteiger charge is 2.06. The number of rotatable bonds is 4. The van der Waals surface area contributed by atoms with Crippen molar-refractivity contribution < 1.29 is 14.6 Å². The Morgan fingerprint density at radius 2 is 2.38 bits per heavy atom. The third-order valence-electron chi connectivity index (χ3n) is 2.00. The van der Waals surface area contributed by atoms with E-state index in [1.807, 2.05) is 0 Å². The summed E-state index contributed by atoms with van der Waals surface area (Å²) in [4.78, 5) is 11.2. The van der Waals surface area contributed by atoms with Crippen LogP contribution >= 0.6 is 0 Å². The van der Waals surface area contributed by atoms with Crippen LogP contribution in [0.4, 0.5) is 0 Å². The van der Waals surface area contributed by atoms with E-state index in [-0.39, 0.29) is 24.8 Å². The maximum absolute atomic E-state index is 11.2. The predicted molar refractivity (Wildman–Crippen MR) is 60.2 cm³/mol. The summed E-state index contributed by atoms with van der Waals surface area (Å²) in [5, 5.41) is 11.9. The van der Waals surface area contributed by atoms with Crippen molar-refractivity contribution in [3.05, 3.63) is 23.8 Å². The van der Waals surface area contributed by atoms with Gasteiger partial charge in [0, 0.05) is 5.56 Å². The van der Waals surface area contributed by atoms with E-state index in [9.17, 15) is 9.90 Å². The molecule has 0 spiro atoms. The minimum atomic E-state index is -0.291. The minimum Gasteiger partial charge on any atom is -0.508 e. The summed E-state index contributed by atoms with van der Waals surface area (Å²) in [6.07, 6.45) is 4.99. The SMILES string of the molecule is C#CCNC(=O)COc1cccc(O)c1C. The molecule has 1 amide bonds. The zero-order valence-corrected chi connectivity index (χ0v) is 8.99. The van der Waals surface area contributed by atoms with Crippen molar-refractivity contribution in [3.8, 4) is 23.8 Å². The fraction of sp³-hybridized carbons (Fsp3) is 0.250. The number of benzene rings is 1. The molecule has 84 valence electrons. The van der Waals surface area contributed by atoms with E-state index in [0.29, 0.717) is 11.3 Å². The molecule has 0 fully saturated rings. The molecule has 0 aromatic heterocycles. The molecule has 0 saturated carbocycles. The summed E-state index contributed by atoms with van der Waals surface area (Å²) in [6, 6.07) is 4.89. The molecule has 0 aliphatic carbocycles. The number of aromatic hydroxyl groups is 1. The number of nitrogens with one attached hydrogen (secondary N) is 1. The lowest BCUT2D eigenvalue weighted by atomic mass is 10.2. The number of hydrogen-bond acceptors (Lipinski definition) is 3. The van der Waals surface area contributed by atoms with Gasteiger partial charge >= 0.3 is 0 Å². The summed E-state index contributed by atoms with van der Waals surface area (Å²) < 4.78 is 5.24. The lowest BCUT2D eigenvalue weighted by molar-refractivity contribution is -0.122. The number of terminal acetylenes is 1. The van der Waals surface area contributed by atoms with Crippen molar-refractivity contribution in [1.29, 1.82) is 0 Å². The summed E-state index contributed by atoms with van der Waals surface area (Å²) in [5.74, 6) is 2.62. The van der Waals surface area contributed by atoms with Crippen LogP contribution in [0.25, 0.3) is 0 Å². The highest BCUT2D eigenvalue weighted by atomic mass is 16.5. The van der Waals surface area contributed by atoms with Crippen molar-refractivity contribution in [2.45, 2.75) is 6.92 Å². The number of ether oxygens (including phenoxy) is 1. The minimum absolute atomic E-state index is 0.119. The number of amides is 1. The molecule has 0 aliphatic rings. The van der Waals surface area contributed by atoms with Gasteiger partial charge in [0.2, 0.25) is 0 Å². The van der Waals surface area contributed by atoms with Gasteiger partial charge in [0.15, 0.2) is 6.61 Å². The van der Waals surface area contributed by atoms with Crippen LogP contribution in [-0.2, 0) is 4.79 Å². The first-order chi connectivity index (χ1) is 7.65. The zero-order chi connectivity index (χ0) is 12.0. The van der Waals surface area contributed by atoms with Crippen LogP contribution in [0.2, 0.25) is 0 Å². The quantitative estimate of drug-likeness (QED) is 0.737. The Labute approximate surface area is 94.2 Å². The van der Waals surface area contributed by atoms with Crippen molar-refractivity contribution >= 4 is 5.91 Å². The second kappa shape index (κ2) is 5.66. The lowest BCUT2D eigenvalue weighted by Crippen LogP contribution is -2.29. The fourth-order valence-corrected chi connectivity index (χ4v) is 1.10. The summed E-state index contributed by atoms with van der Waals surface area (Å²) in [6.45, 7) is 1.77. The standard InChI is InChI=1S/C12H13NO3/c1-3-7-13-12(15)8-16-11-6-4-5-10(14)9(11)2/h1,4-6,14H,7-8H2,2H3,(H,13,15). The largest absolute Gasteiger partial charge is 0.508 e. The average Bonchev–Trinajstić information content (AvgIpc) is 2.28. The van der Waals surface area contributed by atoms with Gasteiger partial charge in [0.25, 0.3) is 5.91 Å². The molecule has 0 saturated heterocycles. The molecule has 4 nitrogen and oxygen atoms in total. The molecule has 4 heteroatoms. The number of phenolic OH excluding ortho intramolecular Hbond substituents is 1. The van der Waals surface area contributed by atoms with Gasteiger partial charge in [-0.3, -0.25) is 4.79 Å². The van der Waals surface area contributed by atoms with Crippen molar-refractivity contribution in [2.24, 2.45) is 0 Å². The molecule has 0 radical (unpaired) electrons. The van der Waals surface area contributed by atoms with Gasteiger partial charge in [-0.1, -0.05) is 12.0 Å². The van der Waals surface area contributed by atoms with E-state index in [4.69, 9.17) is 11.2 Å². The highest BCUT2D eigenvalue weighted by molar-refractivity contribution is 5.77. The van der Waals surface area contributed by atoms with Crippen molar-refractivity contribution in [3.63, 3.8) is 0 Å². The van der Waals surface area contributed by atoms with Gasteiger partial charge in [0.1, 0.15) is 11.5 Å². The summed E-state index contributed by atoms with van der Waals surface area (Å²) in [5.41, 5.74) is 0.604. The maximum atomic E-state index is 11.2. The van der Waals surface area contributed by atoms with Gasteiger partial charge in [-0.2, -0.15) is 0 Å². The Hall–Kier alpha value is -2.15. The Morgan fingerprint density at radius 3 is 3.06 bits per heavy atom. The van der Waals surface area contributed by atoms with Crippen LogP contribution in [0, 0.1) is 19.3 Å². The van der Waals surface area contributed by atoms with E-state index in [1.165, 1.54) is 0 Å². The Balaban J connectivity index is 2.52. The molecule has 0 atom stereocenters. The van der Waals surface area contributed by atoms with Crippen molar-refractivity contribution in [2.75, 3.05) is 13.2 Å². The van der Waals surface area contributed by atoms with Crippen molar-refractivity contribution in [1.82, 2.24) is 5.32 Å². The normalized spacial score (nSPS) is 9.25. The van der Waals surface area contributed by atoms with Gasteiger partial charge in [-0.15, -0.1) is 6.42 Å². The third kappa shape index (κ3) is 3.21.